The van der Waals surface area contributed by atoms with E-state index in [0.29, 0.717) is 12.3 Å². The van der Waals surface area contributed by atoms with Crippen molar-refractivity contribution in [2.45, 2.75) is 6.61 Å². The standard InChI is InChI=1S/C24H22N2O/c1-26(2)23-16-13-21(14-17-23)19-27-25-24(22-11-7-4-8-12-22)18-15-20-9-5-3-6-10-20/h3-14,16-17H,19H2,1-2H3/b25-24+. The van der Waals surface area contributed by atoms with Gasteiger partial charge in [0, 0.05) is 30.9 Å². The van der Waals surface area contributed by atoms with Crippen molar-refractivity contribution in [3.8, 4) is 11.8 Å². The molecule has 0 aliphatic heterocycles. The van der Waals surface area contributed by atoms with E-state index < -0.39 is 0 Å². The van der Waals surface area contributed by atoms with E-state index in [1.807, 2.05) is 86.9 Å². The zero-order chi connectivity index (χ0) is 18.9. The summed E-state index contributed by atoms with van der Waals surface area (Å²) in [6, 6.07) is 27.9. The zero-order valence-electron chi connectivity index (χ0n) is 15.6. The molecule has 3 heteroatoms. The molecule has 0 spiro atoms. The van der Waals surface area contributed by atoms with Crippen molar-refractivity contribution in [2.24, 2.45) is 5.16 Å². The highest BCUT2D eigenvalue weighted by atomic mass is 16.6. The highest BCUT2D eigenvalue weighted by Gasteiger charge is 2.01. The smallest absolute Gasteiger partial charge is 0.160 e. The van der Waals surface area contributed by atoms with Gasteiger partial charge in [0.15, 0.2) is 5.71 Å². The van der Waals surface area contributed by atoms with Crippen LogP contribution in [0.25, 0.3) is 0 Å². The van der Waals surface area contributed by atoms with Crippen LogP contribution in [0.5, 0.6) is 0 Å². The minimum Gasteiger partial charge on any atom is -0.390 e. The van der Waals surface area contributed by atoms with E-state index in [1.54, 1.807) is 0 Å². The Morgan fingerprint density at radius 3 is 2.11 bits per heavy atom. The Kier molecular flexibility index (Phi) is 6.27. The van der Waals surface area contributed by atoms with E-state index in [-0.39, 0.29) is 0 Å². The molecule has 0 saturated heterocycles. The Morgan fingerprint density at radius 1 is 0.852 bits per heavy atom. The maximum atomic E-state index is 5.60. The third-order valence-corrected chi connectivity index (χ3v) is 3.99. The van der Waals surface area contributed by atoms with Gasteiger partial charge in [-0.25, -0.2) is 0 Å². The number of rotatable bonds is 5. The lowest BCUT2D eigenvalue weighted by molar-refractivity contribution is 0.131. The van der Waals surface area contributed by atoms with Gasteiger partial charge in [-0.05, 0) is 35.7 Å². The normalized spacial score (nSPS) is 10.7. The van der Waals surface area contributed by atoms with Crippen molar-refractivity contribution in [3.63, 3.8) is 0 Å². The fourth-order valence-corrected chi connectivity index (χ4v) is 2.46. The molecule has 0 N–H and O–H groups in total. The summed E-state index contributed by atoms with van der Waals surface area (Å²) in [5, 5.41) is 4.29. The monoisotopic (exact) mass is 354 g/mol. The van der Waals surface area contributed by atoms with Crippen LogP contribution in [0.15, 0.2) is 90.1 Å². The number of hydrogen-bond donors (Lipinski definition) is 0. The molecule has 3 nitrogen and oxygen atoms in total. The molecule has 0 bridgehead atoms. The van der Waals surface area contributed by atoms with Crippen molar-refractivity contribution in [1.29, 1.82) is 0 Å². The van der Waals surface area contributed by atoms with Crippen LogP contribution < -0.4 is 4.90 Å². The summed E-state index contributed by atoms with van der Waals surface area (Å²) in [5.41, 5.74) is 4.71. The molecule has 0 aromatic heterocycles. The van der Waals surface area contributed by atoms with Crippen molar-refractivity contribution in [1.82, 2.24) is 0 Å². The first-order chi connectivity index (χ1) is 13.2. The fourth-order valence-electron chi connectivity index (χ4n) is 2.46. The minimum atomic E-state index is 0.400. The average Bonchev–Trinajstić information content (AvgIpc) is 2.72. The quantitative estimate of drug-likeness (QED) is 0.376. The summed E-state index contributed by atoms with van der Waals surface area (Å²) >= 11 is 0. The molecule has 134 valence electrons. The van der Waals surface area contributed by atoms with Gasteiger partial charge in [0.05, 0.1) is 0 Å². The van der Waals surface area contributed by atoms with Crippen molar-refractivity contribution < 1.29 is 4.84 Å². The van der Waals surface area contributed by atoms with E-state index >= 15 is 0 Å². The van der Waals surface area contributed by atoms with Crippen molar-refractivity contribution >= 4 is 11.4 Å². The first-order valence-electron chi connectivity index (χ1n) is 8.81. The van der Waals surface area contributed by atoms with Gasteiger partial charge >= 0.3 is 0 Å². The lowest BCUT2D eigenvalue weighted by Gasteiger charge is -2.12. The van der Waals surface area contributed by atoms with Gasteiger partial charge in [0.1, 0.15) is 6.61 Å². The van der Waals surface area contributed by atoms with Gasteiger partial charge in [-0.1, -0.05) is 71.7 Å². The molecule has 0 radical (unpaired) electrons. The molecule has 3 aromatic carbocycles. The maximum absolute atomic E-state index is 5.60. The lowest BCUT2D eigenvalue weighted by Crippen LogP contribution is -2.08. The van der Waals surface area contributed by atoms with Crippen LogP contribution in [0.2, 0.25) is 0 Å². The minimum absolute atomic E-state index is 0.400. The zero-order valence-corrected chi connectivity index (χ0v) is 15.6. The first kappa shape index (κ1) is 18.3. The Bertz CT molecular complexity index is 934. The van der Waals surface area contributed by atoms with Crippen LogP contribution in [-0.4, -0.2) is 19.8 Å². The van der Waals surface area contributed by atoms with Crippen LogP contribution in [0.1, 0.15) is 16.7 Å². The highest BCUT2D eigenvalue weighted by Crippen LogP contribution is 2.13. The molecule has 0 aliphatic carbocycles. The van der Waals surface area contributed by atoms with Crippen LogP contribution >= 0.6 is 0 Å². The highest BCUT2D eigenvalue weighted by molar-refractivity contribution is 6.12. The summed E-state index contributed by atoms with van der Waals surface area (Å²) in [6.45, 7) is 0.400. The van der Waals surface area contributed by atoms with E-state index in [4.69, 9.17) is 4.84 Å². The maximum Gasteiger partial charge on any atom is 0.160 e. The van der Waals surface area contributed by atoms with Gasteiger partial charge in [-0.3, -0.25) is 0 Å². The summed E-state index contributed by atoms with van der Waals surface area (Å²) in [4.78, 5) is 7.66. The molecule has 3 rings (SSSR count). The average molecular weight is 354 g/mol. The number of hydrogen-bond acceptors (Lipinski definition) is 3. The second kappa shape index (κ2) is 9.26. The van der Waals surface area contributed by atoms with Crippen LogP contribution in [0.4, 0.5) is 5.69 Å². The molecule has 0 atom stereocenters. The third kappa shape index (κ3) is 5.49. The van der Waals surface area contributed by atoms with Gasteiger partial charge in [0.2, 0.25) is 0 Å². The Balaban J connectivity index is 1.75. The number of oxime groups is 1. The summed E-state index contributed by atoms with van der Waals surface area (Å²) in [6.07, 6.45) is 0. The molecule has 27 heavy (non-hydrogen) atoms. The van der Waals surface area contributed by atoms with Gasteiger partial charge in [-0.2, -0.15) is 0 Å². The lowest BCUT2D eigenvalue weighted by atomic mass is 10.1. The fraction of sp³-hybridized carbons (Fsp3) is 0.125. The van der Waals surface area contributed by atoms with Gasteiger partial charge < -0.3 is 9.74 Å². The molecule has 0 aliphatic rings. The molecule has 0 saturated carbocycles. The first-order valence-corrected chi connectivity index (χ1v) is 8.81. The number of nitrogens with zero attached hydrogens (tertiary/aromatic N) is 2. The summed E-state index contributed by atoms with van der Waals surface area (Å²) in [7, 11) is 4.04. The second-order valence-corrected chi connectivity index (χ2v) is 6.26. The molecule has 0 fully saturated rings. The predicted octanol–water partition coefficient (Wildman–Crippen LogP) is 4.73. The van der Waals surface area contributed by atoms with Gasteiger partial charge in [0.25, 0.3) is 0 Å². The van der Waals surface area contributed by atoms with Crippen LogP contribution in [-0.2, 0) is 11.4 Å². The van der Waals surface area contributed by atoms with Crippen molar-refractivity contribution in [3.05, 3.63) is 102 Å². The predicted molar refractivity (Wildman–Crippen MR) is 112 cm³/mol. The Hall–Kier alpha value is -3.51. The summed E-state index contributed by atoms with van der Waals surface area (Å²) < 4.78 is 0. The van der Waals surface area contributed by atoms with E-state index in [0.717, 1.165) is 22.4 Å². The van der Waals surface area contributed by atoms with Crippen molar-refractivity contribution in [2.75, 3.05) is 19.0 Å². The third-order valence-electron chi connectivity index (χ3n) is 3.99. The molecule has 0 unspecified atom stereocenters. The molecular weight excluding hydrogens is 332 g/mol. The second-order valence-electron chi connectivity index (χ2n) is 6.26. The molecule has 0 amide bonds. The van der Waals surface area contributed by atoms with E-state index in [1.165, 1.54) is 0 Å². The van der Waals surface area contributed by atoms with Crippen LogP contribution in [0.3, 0.4) is 0 Å². The number of benzene rings is 3. The van der Waals surface area contributed by atoms with E-state index in [9.17, 15) is 0 Å². The van der Waals surface area contributed by atoms with Crippen LogP contribution in [0, 0.1) is 11.8 Å². The van der Waals surface area contributed by atoms with E-state index in [2.05, 4.69) is 34.0 Å². The SMILES string of the molecule is CN(C)c1ccc(CO/N=C(\C#Cc2ccccc2)c2ccccc2)cc1. The largest absolute Gasteiger partial charge is 0.390 e. The molecule has 0 heterocycles. The Labute approximate surface area is 160 Å². The topological polar surface area (TPSA) is 24.8 Å². The Morgan fingerprint density at radius 2 is 1.48 bits per heavy atom. The number of anilines is 1. The summed E-state index contributed by atoms with van der Waals surface area (Å²) in [5.74, 6) is 6.28. The van der Waals surface area contributed by atoms with Gasteiger partial charge in [-0.15, -0.1) is 0 Å². The molecule has 3 aromatic rings. The molecular formula is C24H22N2O.